The molecule has 1 aromatic rings. The summed E-state index contributed by atoms with van der Waals surface area (Å²) in [5.74, 6) is -0.973. The third-order valence-electron chi connectivity index (χ3n) is 2.32. The van der Waals surface area contributed by atoms with Gasteiger partial charge in [-0.2, -0.15) is 8.78 Å². The third kappa shape index (κ3) is 5.88. The van der Waals surface area contributed by atoms with Crippen molar-refractivity contribution in [1.29, 1.82) is 0 Å². The number of carbonyl (C=O) groups is 1. The summed E-state index contributed by atoms with van der Waals surface area (Å²) in [5, 5.41) is 9.15. The lowest BCUT2D eigenvalue weighted by Gasteiger charge is -2.16. The van der Waals surface area contributed by atoms with Crippen LogP contribution in [0.2, 0.25) is 0 Å². The smallest absolute Gasteiger partial charge is 0.387 e. The Bertz CT molecular complexity index is 550. The second-order valence-corrected chi connectivity index (χ2v) is 5.22. The zero-order chi connectivity index (χ0) is 16.7. The molecule has 122 valence electrons. The van der Waals surface area contributed by atoms with Crippen LogP contribution in [-0.4, -0.2) is 41.6 Å². The quantitative estimate of drug-likeness (QED) is 0.613. The van der Waals surface area contributed by atoms with Gasteiger partial charge in [0.2, 0.25) is 0 Å². The van der Waals surface area contributed by atoms with Gasteiger partial charge in [-0.15, -0.1) is 11.8 Å². The van der Waals surface area contributed by atoms with Crippen LogP contribution in [0.15, 0.2) is 23.2 Å². The maximum atomic E-state index is 12.4. The largest absolute Gasteiger partial charge is 0.487 e. The average molecular weight is 333 g/mol. The Kier molecular flexibility index (Phi) is 7.10. The van der Waals surface area contributed by atoms with Crippen molar-refractivity contribution in [3.63, 3.8) is 0 Å². The van der Waals surface area contributed by atoms with Crippen LogP contribution in [0.1, 0.15) is 19.4 Å². The SMILES string of the molecule is CSC(=NCC(=O)O)c1ccc(OC(F)F)c(OC(C)C)c1. The summed E-state index contributed by atoms with van der Waals surface area (Å²) < 4.78 is 34.7. The molecule has 0 radical (unpaired) electrons. The topological polar surface area (TPSA) is 68.1 Å². The molecule has 0 aliphatic carbocycles. The van der Waals surface area contributed by atoms with Gasteiger partial charge >= 0.3 is 12.6 Å². The molecule has 0 saturated carbocycles. The molecule has 0 bridgehead atoms. The van der Waals surface area contributed by atoms with E-state index in [0.29, 0.717) is 10.6 Å². The van der Waals surface area contributed by atoms with Gasteiger partial charge in [-0.05, 0) is 38.3 Å². The first kappa shape index (κ1) is 18.2. The van der Waals surface area contributed by atoms with Gasteiger partial charge in [0.15, 0.2) is 11.5 Å². The van der Waals surface area contributed by atoms with Crippen LogP contribution in [0.3, 0.4) is 0 Å². The predicted molar refractivity (Wildman–Crippen MR) is 81.4 cm³/mol. The van der Waals surface area contributed by atoms with Gasteiger partial charge in [-0.1, -0.05) is 0 Å². The van der Waals surface area contributed by atoms with Crippen molar-refractivity contribution in [1.82, 2.24) is 0 Å². The highest BCUT2D eigenvalue weighted by Crippen LogP contribution is 2.31. The number of aliphatic carboxylic acids is 1. The van der Waals surface area contributed by atoms with E-state index in [2.05, 4.69) is 9.73 Å². The summed E-state index contributed by atoms with van der Waals surface area (Å²) in [6.07, 6.45) is 1.51. The second kappa shape index (κ2) is 8.57. The number of alkyl halides is 2. The Hall–Kier alpha value is -1.83. The minimum Gasteiger partial charge on any atom is -0.487 e. The maximum Gasteiger partial charge on any atom is 0.387 e. The normalized spacial score (nSPS) is 11.9. The zero-order valence-corrected chi connectivity index (χ0v) is 13.2. The van der Waals surface area contributed by atoms with E-state index in [9.17, 15) is 13.6 Å². The molecule has 0 heterocycles. The summed E-state index contributed by atoms with van der Waals surface area (Å²) in [4.78, 5) is 14.6. The van der Waals surface area contributed by atoms with Crippen LogP contribution < -0.4 is 9.47 Å². The molecular formula is C14H17F2NO4S. The van der Waals surface area contributed by atoms with Crippen molar-refractivity contribution in [2.75, 3.05) is 12.8 Å². The van der Waals surface area contributed by atoms with E-state index in [0.717, 1.165) is 0 Å². The molecule has 0 fully saturated rings. The van der Waals surface area contributed by atoms with Crippen molar-refractivity contribution in [3.05, 3.63) is 23.8 Å². The van der Waals surface area contributed by atoms with E-state index in [-0.39, 0.29) is 24.1 Å². The van der Waals surface area contributed by atoms with Crippen molar-refractivity contribution in [2.24, 2.45) is 4.99 Å². The number of nitrogens with zero attached hydrogens (tertiary/aromatic N) is 1. The third-order valence-corrected chi connectivity index (χ3v) is 3.07. The van der Waals surface area contributed by atoms with Crippen LogP contribution in [0.4, 0.5) is 8.78 Å². The molecule has 1 N–H and O–H groups in total. The van der Waals surface area contributed by atoms with Crippen molar-refractivity contribution in [3.8, 4) is 11.5 Å². The van der Waals surface area contributed by atoms with Crippen LogP contribution >= 0.6 is 11.8 Å². The number of benzene rings is 1. The molecule has 5 nitrogen and oxygen atoms in total. The monoisotopic (exact) mass is 333 g/mol. The first-order valence-corrected chi connectivity index (χ1v) is 7.62. The van der Waals surface area contributed by atoms with Crippen LogP contribution in [0, 0.1) is 0 Å². The fourth-order valence-corrected chi connectivity index (χ4v) is 2.15. The molecule has 0 atom stereocenters. The van der Waals surface area contributed by atoms with Gasteiger partial charge in [0.1, 0.15) is 6.54 Å². The standard InChI is InChI=1S/C14H17F2NO4S/c1-8(2)20-11-6-9(4-5-10(11)21-14(15)16)13(22-3)17-7-12(18)19/h4-6,8,14H,7H2,1-3H3,(H,18,19). The van der Waals surface area contributed by atoms with Crippen LogP contribution in [0.5, 0.6) is 11.5 Å². The van der Waals surface area contributed by atoms with Gasteiger partial charge in [-0.25, -0.2) is 0 Å². The molecule has 0 unspecified atom stereocenters. The van der Waals surface area contributed by atoms with E-state index < -0.39 is 12.6 Å². The average Bonchev–Trinajstić information content (AvgIpc) is 2.40. The molecule has 0 aliphatic heterocycles. The number of hydrogen-bond acceptors (Lipinski definition) is 5. The lowest BCUT2D eigenvalue weighted by molar-refractivity contribution is -0.135. The molecule has 0 aliphatic rings. The Morgan fingerprint density at radius 2 is 2.00 bits per heavy atom. The maximum absolute atomic E-state index is 12.4. The molecule has 1 rings (SSSR count). The van der Waals surface area contributed by atoms with Crippen LogP contribution in [0.25, 0.3) is 0 Å². The van der Waals surface area contributed by atoms with Crippen molar-refractivity contribution in [2.45, 2.75) is 26.6 Å². The molecule has 0 aromatic heterocycles. The minimum atomic E-state index is -2.96. The highest BCUT2D eigenvalue weighted by molar-refractivity contribution is 8.13. The molecule has 0 spiro atoms. The lowest BCUT2D eigenvalue weighted by Crippen LogP contribution is -2.10. The molecule has 0 amide bonds. The summed E-state index contributed by atoms with van der Waals surface area (Å²) in [5.41, 5.74) is 0.575. The Labute approximate surface area is 131 Å². The van der Waals surface area contributed by atoms with E-state index in [1.54, 1.807) is 20.1 Å². The zero-order valence-electron chi connectivity index (χ0n) is 12.4. The van der Waals surface area contributed by atoms with E-state index in [1.165, 1.54) is 30.0 Å². The van der Waals surface area contributed by atoms with Gasteiger partial charge in [0.25, 0.3) is 0 Å². The Balaban J connectivity index is 3.15. The number of hydrogen-bond donors (Lipinski definition) is 1. The Morgan fingerprint density at radius 1 is 1.32 bits per heavy atom. The predicted octanol–water partition coefficient (Wildman–Crippen LogP) is 3.27. The summed E-state index contributed by atoms with van der Waals surface area (Å²) >= 11 is 1.25. The van der Waals surface area contributed by atoms with Gasteiger partial charge in [0.05, 0.1) is 11.1 Å². The van der Waals surface area contributed by atoms with Gasteiger partial charge in [0, 0.05) is 5.56 Å². The van der Waals surface area contributed by atoms with Gasteiger partial charge in [-0.3, -0.25) is 9.79 Å². The second-order valence-electron chi connectivity index (χ2n) is 4.43. The number of rotatable bonds is 7. The fraction of sp³-hybridized carbons (Fsp3) is 0.429. The molecular weight excluding hydrogens is 316 g/mol. The number of ether oxygens (including phenoxy) is 2. The first-order valence-electron chi connectivity index (χ1n) is 6.39. The van der Waals surface area contributed by atoms with E-state index in [4.69, 9.17) is 9.84 Å². The first-order chi connectivity index (χ1) is 10.3. The number of aliphatic imine (C=N–C) groups is 1. The molecule has 8 heteroatoms. The molecule has 22 heavy (non-hydrogen) atoms. The highest BCUT2D eigenvalue weighted by atomic mass is 32.2. The number of carboxylic acid groups (broad SMARTS) is 1. The molecule has 1 aromatic carbocycles. The molecule has 0 saturated heterocycles. The summed E-state index contributed by atoms with van der Waals surface area (Å²) in [6, 6.07) is 4.39. The lowest BCUT2D eigenvalue weighted by atomic mass is 10.2. The highest BCUT2D eigenvalue weighted by Gasteiger charge is 2.15. The summed E-state index contributed by atoms with van der Waals surface area (Å²) in [6.45, 7) is 0.187. The number of carboxylic acids is 1. The Morgan fingerprint density at radius 3 is 2.50 bits per heavy atom. The van der Waals surface area contributed by atoms with Gasteiger partial charge < -0.3 is 14.6 Å². The van der Waals surface area contributed by atoms with E-state index >= 15 is 0 Å². The number of halogens is 2. The fourth-order valence-electron chi connectivity index (χ4n) is 1.59. The number of thioether (sulfide) groups is 1. The minimum absolute atomic E-state index is 0.0777. The summed E-state index contributed by atoms with van der Waals surface area (Å²) in [7, 11) is 0. The van der Waals surface area contributed by atoms with E-state index in [1.807, 2.05) is 0 Å². The van der Waals surface area contributed by atoms with Crippen LogP contribution in [-0.2, 0) is 4.79 Å². The van der Waals surface area contributed by atoms with Crippen molar-refractivity contribution >= 4 is 22.8 Å². The van der Waals surface area contributed by atoms with Crippen molar-refractivity contribution < 1.29 is 28.2 Å².